The number of aromatic nitrogens is 1. The van der Waals surface area contributed by atoms with E-state index in [1.165, 1.54) is 79.3 Å². The fraction of sp³-hybridized carbons (Fsp3) is 0.481. The van der Waals surface area contributed by atoms with Crippen LogP contribution in [0.25, 0.3) is 10.9 Å². The van der Waals surface area contributed by atoms with E-state index in [1.807, 2.05) is 0 Å². The number of aromatic amines is 1. The van der Waals surface area contributed by atoms with E-state index in [2.05, 4.69) is 90.4 Å². The van der Waals surface area contributed by atoms with Gasteiger partial charge < -0.3 is 4.98 Å². The topological polar surface area (TPSA) is 22.3 Å². The molecule has 1 aliphatic heterocycles. The van der Waals surface area contributed by atoms with Crippen molar-refractivity contribution in [2.75, 3.05) is 27.2 Å². The normalized spacial score (nSPS) is 26.1. The highest BCUT2D eigenvalue weighted by molar-refractivity contribution is 5.86. The molecule has 0 amide bonds. The highest BCUT2D eigenvalue weighted by atomic mass is 35.5. The molecule has 2 aromatic carbocycles. The fourth-order valence-corrected chi connectivity index (χ4v) is 6.44. The molecule has 2 fully saturated rings. The molecule has 5 heteroatoms. The maximum atomic E-state index is 3.89. The molecule has 0 bridgehead atoms. The lowest BCUT2D eigenvalue weighted by Gasteiger charge is -2.53. The maximum Gasteiger partial charge on any atom is 0.0616 e. The summed E-state index contributed by atoms with van der Waals surface area (Å²) in [5.41, 5.74) is 5.95. The van der Waals surface area contributed by atoms with Gasteiger partial charge in [0.2, 0.25) is 0 Å². The average molecular weight is 475 g/mol. The Morgan fingerprint density at radius 1 is 0.812 bits per heavy atom. The number of para-hydroxylation sites is 1. The van der Waals surface area contributed by atoms with Crippen molar-refractivity contribution in [3.05, 3.63) is 71.4 Å². The second-order valence-electron chi connectivity index (χ2n) is 9.69. The molecule has 174 valence electrons. The third-order valence-electron chi connectivity index (χ3n) is 8.21. The van der Waals surface area contributed by atoms with E-state index in [-0.39, 0.29) is 35.9 Å². The Hall–Kier alpha value is -1.52. The van der Waals surface area contributed by atoms with Gasteiger partial charge in [-0.3, -0.25) is 9.80 Å². The third-order valence-corrected chi connectivity index (χ3v) is 8.21. The lowest BCUT2D eigenvalue weighted by Crippen LogP contribution is -2.54. The summed E-state index contributed by atoms with van der Waals surface area (Å²) in [4.78, 5) is 9.19. The van der Waals surface area contributed by atoms with Crippen molar-refractivity contribution in [3.63, 3.8) is 0 Å². The van der Waals surface area contributed by atoms with Crippen molar-refractivity contribution < 1.29 is 0 Å². The monoisotopic (exact) mass is 473 g/mol. The molecule has 1 aromatic heterocycles. The van der Waals surface area contributed by atoms with E-state index < -0.39 is 0 Å². The van der Waals surface area contributed by atoms with E-state index in [0.717, 1.165) is 0 Å². The second kappa shape index (κ2) is 9.77. The van der Waals surface area contributed by atoms with Gasteiger partial charge in [-0.15, -0.1) is 24.8 Å². The minimum absolute atomic E-state index is 0. The van der Waals surface area contributed by atoms with Crippen LogP contribution < -0.4 is 0 Å². The smallest absolute Gasteiger partial charge is 0.0616 e. The minimum atomic E-state index is 0. The fourth-order valence-electron chi connectivity index (χ4n) is 6.44. The third kappa shape index (κ3) is 3.88. The van der Waals surface area contributed by atoms with E-state index in [1.54, 1.807) is 0 Å². The van der Waals surface area contributed by atoms with Crippen LogP contribution in [0, 0.1) is 6.92 Å². The van der Waals surface area contributed by atoms with Gasteiger partial charge >= 0.3 is 0 Å². The summed E-state index contributed by atoms with van der Waals surface area (Å²) in [5, 5.41) is 1.39. The van der Waals surface area contributed by atoms with E-state index >= 15 is 0 Å². The number of H-pyrrole nitrogens is 1. The molecule has 1 aliphatic carbocycles. The molecule has 0 atom stereocenters. The van der Waals surface area contributed by atoms with Crippen LogP contribution in [0.2, 0.25) is 0 Å². The van der Waals surface area contributed by atoms with Crippen LogP contribution in [-0.2, 0) is 11.1 Å². The Balaban J connectivity index is 0.00000144. The summed E-state index contributed by atoms with van der Waals surface area (Å²) in [6.07, 6.45) is 7.45. The van der Waals surface area contributed by atoms with Gasteiger partial charge in [-0.2, -0.15) is 0 Å². The molecule has 0 radical (unpaired) electrons. The zero-order valence-electron chi connectivity index (χ0n) is 19.6. The molecule has 1 saturated heterocycles. The van der Waals surface area contributed by atoms with Crippen LogP contribution in [0.3, 0.4) is 0 Å². The van der Waals surface area contributed by atoms with E-state index in [4.69, 9.17) is 0 Å². The highest BCUT2D eigenvalue weighted by Gasteiger charge is 2.50. The Morgan fingerprint density at radius 2 is 1.41 bits per heavy atom. The lowest BCUT2D eigenvalue weighted by atomic mass is 9.66. The first-order valence-corrected chi connectivity index (χ1v) is 11.6. The van der Waals surface area contributed by atoms with Crippen molar-refractivity contribution in [2.24, 2.45) is 0 Å². The minimum Gasteiger partial charge on any atom is -0.357 e. The molecule has 1 N–H and O–H groups in total. The summed E-state index contributed by atoms with van der Waals surface area (Å²) in [5.74, 6) is 0. The van der Waals surface area contributed by atoms with Crippen molar-refractivity contribution in [2.45, 2.75) is 56.5 Å². The number of nitrogens with one attached hydrogen (secondary N) is 1. The molecule has 1 saturated carbocycles. The molecule has 2 heterocycles. The van der Waals surface area contributed by atoms with Crippen LogP contribution in [0.1, 0.15) is 55.3 Å². The zero-order valence-corrected chi connectivity index (χ0v) is 21.2. The van der Waals surface area contributed by atoms with Crippen LogP contribution in [-0.4, -0.2) is 42.0 Å². The first kappa shape index (κ1) is 25.1. The van der Waals surface area contributed by atoms with Gasteiger partial charge in [-0.1, -0.05) is 48.5 Å². The number of halogens is 2. The summed E-state index contributed by atoms with van der Waals surface area (Å²) in [7, 11) is 4.54. The number of rotatable bonds is 4. The van der Waals surface area contributed by atoms with Crippen LogP contribution in [0.15, 0.2) is 54.6 Å². The van der Waals surface area contributed by atoms with Gasteiger partial charge in [0.1, 0.15) is 0 Å². The summed E-state index contributed by atoms with van der Waals surface area (Å²) >= 11 is 0. The largest absolute Gasteiger partial charge is 0.357 e. The molecule has 0 spiro atoms. The zero-order chi connectivity index (χ0) is 20.8. The van der Waals surface area contributed by atoms with Gasteiger partial charge in [0.15, 0.2) is 0 Å². The molecule has 32 heavy (non-hydrogen) atoms. The van der Waals surface area contributed by atoms with Crippen molar-refractivity contribution in [3.8, 4) is 0 Å². The molecule has 3 aromatic rings. The lowest BCUT2D eigenvalue weighted by molar-refractivity contribution is -0.00609. The predicted octanol–water partition coefficient (Wildman–Crippen LogP) is 6.64. The Kier molecular flexibility index (Phi) is 7.66. The summed E-state index contributed by atoms with van der Waals surface area (Å²) in [6.45, 7) is 4.79. The number of benzene rings is 2. The number of aryl methyl sites for hydroxylation is 1. The van der Waals surface area contributed by atoms with Gasteiger partial charge in [0, 0.05) is 22.1 Å². The number of likely N-dealkylation sites (tertiary alicyclic amines) is 1. The standard InChI is InChI=1S/C27H35N3.2ClH/c1-21-23-13-7-8-14-24(23)28-25(21)27(30-19-9-10-20-30)17-15-26(16-18-27,29(2)3)22-11-5-4-6-12-22;;/h4-8,11-14,28H,9-10,15-20H2,1-3H3;2*1H. The highest BCUT2D eigenvalue weighted by Crippen LogP contribution is 2.52. The van der Waals surface area contributed by atoms with Crippen molar-refractivity contribution >= 4 is 35.7 Å². The number of hydrogen-bond acceptors (Lipinski definition) is 2. The molecular formula is C27H37Cl2N3. The summed E-state index contributed by atoms with van der Waals surface area (Å²) < 4.78 is 0. The Morgan fingerprint density at radius 3 is 2.00 bits per heavy atom. The maximum absolute atomic E-state index is 3.89. The second-order valence-corrected chi connectivity index (χ2v) is 9.69. The number of fused-ring (bicyclic) bond motifs is 1. The van der Waals surface area contributed by atoms with Crippen LogP contribution in [0.5, 0.6) is 0 Å². The van der Waals surface area contributed by atoms with Crippen molar-refractivity contribution in [1.82, 2.24) is 14.8 Å². The Labute approximate surface area is 205 Å². The van der Waals surface area contributed by atoms with Crippen molar-refractivity contribution in [1.29, 1.82) is 0 Å². The number of nitrogens with zero attached hydrogens (tertiary/aromatic N) is 2. The van der Waals surface area contributed by atoms with Crippen LogP contribution in [0.4, 0.5) is 0 Å². The first-order chi connectivity index (χ1) is 14.6. The average Bonchev–Trinajstić information content (AvgIpc) is 3.44. The van der Waals surface area contributed by atoms with Gasteiger partial charge in [0.05, 0.1) is 5.54 Å². The van der Waals surface area contributed by atoms with Gasteiger partial charge in [-0.05, 0) is 89.8 Å². The SMILES string of the molecule is Cc1c(C2(N3CCCC3)CCC(c3ccccc3)(N(C)C)CC2)[nH]c2ccccc12.Cl.Cl. The predicted molar refractivity (Wildman–Crippen MR) is 140 cm³/mol. The molecule has 5 rings (SSSR count). The molecule has 2 aliphatic rings. The quantitative estimate of drug-likeness (QED) is 0.458. The van der Waals surface area contributed by atoms with Crippen LogP contribution >= 0.6 is 24.8 Å². The molecular weight excluding hydrogens is 437 g/mol. The van der Waals surface area contributed by atoms with E-state index in [9.17, 15) is 0 Å². The molecule has 0 unspecified atom stereocenters. The van der Waals surface area contributed by atoms with E-state index in [0.29, 0.717) is 0 Å². The summed E-state index contributed by atoms with van der Waals surface area (Å²) in [6, 6.07) is 20.0. The first-order valence-electron chi connectivity index (χ1n) is 11.6. The Bertz CT molecular complexity index is 1010. The van der Waals surface area contributed by atoms with Gasteiger partial charge in [-0.25, -0.2) is 0 Å². The molecule has 3 nitrogen and oxygen atoms in total. The van der Waals surface area contributed by atoms with Gasteiger partial charge in [0.25, 0.3) is 0 Å². The number of hydrogen-bond donors (Lipinski definition) is 1.